The van der Waals surface area contributed by atoms with Crippen molar-refractivity contribution in [2.45, 2.75) is 39.3 Å². The Bertz CT molecular complexity index is 326. The van der Waals surface area contributed by atoms with Crippen LogP contribution in [0.4, 0.5) is 0 Å². The van der Waals surface area contributed by atoms with E-state index in [2.05, 4.69) is 11.5 Å². The second-order valence-electron chi connectivity index (χ2n) is 5.55. The molecule has 15 heavy (non-hydrogen) atoms. The van der Waals surface area contributed by atoms with Crippen LogP contribution in [0.15, 0.2) is 0 Å². The lowest BCUT2D eigenvalue weighted by atomic mass is 9.95. The van der Waals surface area contributed by atoms with Crippen molar-refractivity contribution in [1.29, 1.82) is 5.26 Å². The molecule has 0 aromatic rings. The minimum absolute atomic E-state index is 0.0814. The summed E-state index contributed by atoms with van der Waals surface area (Å²) in [5.41, 5.74) is -0.343. The second-order valence-corrected chi connectivity index (χ2v) is 5.55. The largest absolute Gasteiger partial charge is 0.351 e. The summed E-state index contributed by atoms with van der Waals surface area (Å²) in [5, 5.41) is 11.9. The van der Waals surface area contributed by atoms with Gasteiger partial charge in [0, 0.05) is 23.9 Å². The van der Waals surface area contributed by atoms with Crippen LogP contribution in [0.5, 0.6) is 0 Å². The lowest BCUT2D eigenvalue weighted by Crippen LogP contribution is -2.44. The van der Waals surface area contributed by atoms with Gasteiger partial charge in [-0.05, 0) is 6.42 Å². The van der Waals surface area contributed by atoms with E-state index in [0.717, 1.165) is 6.42 Å². The molecule has 4 nitrogen and oxygen atoms in total. The molecule has 0 aromatic heterocycles. The molecule has 1 N–H and O–H groups in total. The van der Waals surface area contributed by atoms with Crippen molar-refractivity contribution in [2.75, 3.05) is 6.54 Å². The van der Waals surface area contributed by atoms with Gasteiger partial charge in [0.2, 0.25) is 5.91 Å². The van der Waals surface area contributed by atoms with E-state index < -0.39 is 0 Å². The molecular formula is C11H17N3O. The zero-order valence-electron chi connectivity index (χ0n) is 9.45. The van der Waals surface area contributed by atoms with E-state index in [0.29, 0.717) is 18.5 Å². The Labute approximate surface area is 90.2 Å². The zero-order valence-corrected chi connectivity index (χ0v) is 9.45. The van der Waals surface area contributed by atoms with Crippen LogP contribution in [-0.2, 0) is 4.79 Å². The molecule has 2 rings (SSSR count). The number of fused-ring (bicyclic) bond motifs is 1. The van der Waals surface area contributed by atoms with E-state index in [4.69, 9.17) is 5.26 Å². The Morgan fingerprint density at radius 3 is 2.67 bits per heavy atom. The number of carbonyl (C=O) groups excluding carboxylic acids is 1. The predicted octanol–water partition coefficient (Wildman–Crippen LogP) is 0.702. The first kappa shape index (κ1) is 10.3. The lowest BCUT2D eigenvalue weighted by Gasteiger charge is -2.22. The molecule has 1 aliphatic heterocycles. The Balaban J connectivity index is 1.93. The fourth-order valence-electron chi connectivity index (χ4n) is 2.13. The summed E-state index contributed by atoms with van der Waals surface area (Å²) in [6, 6.07) is 0.585. The molecule has 0 spiro atoms. The molecule has 2 aliphatic rings. The van der Waals surface area contributed by atoms with Crippen molar-refractivity contribution in [3.8, 4) is 6.19 Å². The van der Waals surface area contributed by atoms with Gasteiger partial charge >= 0.3 is 0 Å². The van der Waals surface area contributed by atoms with Crippen LogP contribution >= 0.6 is 0 Å². The van der Waals surface area contributed by atoms with E-state index in [1.807, 2.05) is 20.8 Å². The number of hydrogen-bond acceptors (Lipinski definition) is 3. The van der Waals surface area contributed by atoms with Gasteiger partial charge in [0.15, 0.2) is 6.19 Å². The average Bonchev–Trinajstić information content (AvgIpc) is 2.84. The maximum absolute atomic E-state index is 11.8. The van der Waals surface area contributed by atoms with Crippen LogP contribution in [0.25, 0.3) is 0 Å². The fraction of sp³-hybridized carbons (Fsp3) is 0.818. The maximum Gasteiger partial charge on any atom is 0.225 e. The number of rotatable bonds is 1. The molecule has 0 radical (unpaired) electrons. The second kappa shape index (κ2) is 3.13. The summed E-state index contributed by atoms with van der Waals surface area (Å²) in [6.45, 7) is 6.41. The summed E-state index contributed by atoms with van der Waals surface area (Å²) in [7, 11) is 0. The summed E-state index contributed by atoms with van der Waals surface area (Å²) in [5.74, 6) is 0.592. The van der Waals surface area contributed by atoms with E-state index in [9.17, 15) is 4.79 Å². The number of carbonyl (C=O) groups is 1. The molecule has 2 fully saturated rings. The van der Waals surface area contributed by atoms with E-state index >= 15 is 0 Å². The van der Waals surface area contributed by atoms with Gasteiger partial charge in [0.1, 0.15) is 0 Å². The molecule has 3 unspecified atom stereocenters. The Hall–Kier alpha value is -1.24. The fourth-order valence-corrected chi connectivity index (χ4v) is 2.13. The number of nitrogens with zero attached hydrogens (tertiary/aromatic N) is 2. The quantitative estimate of drug-likeness (QED) is 0.644. The molecule has 1 saturated carbocycles. The summed E-state index contributed by atoms with van der Waals surface area (Å²) in [4.78, 5) is 13.6. The van der Waals surface area contributed by atoms with Crippen LogP contribution in [0.2, 0.25) is 0 Å². The zero-order chi connectivity index (χ0) is 11.2. The molecule has 1 aliphatic carbocycles. The van der Waals surface area contributed by atoms with Crippen LogP contribution < -0.4 is 5.32 Å². The molecule has 3 atom stereocenters. The van der Waals surface area contributed by atoms with Crippen molar-refractivity contribution in [1.82, 2.24) is 10.2 Å². The Morgan fingerprint density at radius 1 is 1.53 bits per heavy atom. The standard InChI is InChI=1S/C11H17N3O/c1-11(2,3)10(15)13-8-5-14(6-12)9-4-7(8)9/h7-9H,4-5H2,1-3H3,(H,13,15). The number of amides is 1. The first-order valence-corrected chi connectivity index (χ1v) is 5.41. The lowest BCUT2D eigenvalue weighted by molar-refractivity contribution is -0.129. The van der Waals surface area contributed by atoms with Crippen LogP contribution in [0.1, 0.15) is 27.2 Å². The monoisotopic (exact) mass is 207 g/mol. The SMILES string of the molecule is CC(C)(C)C(=O)NC1CN(C#N)C2CC12. The van der Waals surface area contributed by atoms with E-state index in [-0.39, 0.29) is 17.4 Å². The highest BCUT2D eigenvalue weighted by atomic mass is 16.2. The number of nitriles is 1. The highest BCUT2D eigenvalue weighted by molar-refractivity contribution is 5.81. The number of nitrogens with one attached hydrogen (secondary N) is 1. The van der Waals surface area contributed by atoms with Crippen molar-refractivity contribution in [3.63, 3.8) is 0 Å². The van der Waals surface area contributed by atoms with Gasteiger partial charge in [0.25, 0.3) is 0 Å². The van der Waals surface area contributed by atoms with Crippen molar-refractivity contribution in [2.24, 2.45) is 11.3 Å². The topological polar surface area (TPSA) is 56.1 Å². The van der Waals surface area contributed by atoms with Gasteiger partial charge in [-0.2, -0.15) is 5.26 Å². The molecule has 1 amide bonds. The van der Waals surface area contributed by atoms with Gasteiger partial charge in [0.05, 0.1) is 6.04 Å². The molecule has 4 heteroatoms. The predicted molar refractivity (Wildman–Crippen MR) is 55.6 cm³/mol. The molecule has 1 saturated heterocycles. The smallest absolute Gasteiger partial charge is 0.225 e. The van der Waals surface area contributed by atoms with Crippen molar-refractivity contribution in [3.05, 3.63) is 0 Å². The third-order valence-corrected chi connectivity index (χ3v) is 3.24. The van der Waals surface area contributed by atoms with Crippen LogP contribution in [0.3, 0.4) is 0 Å². The normalized spacial score (nSPS) is 33.2. The van der Waals surface area contributed by atoms with Crippen molar-refractivity contribution >= 4 is 5.91 Å². The Morgan fingerprint density at radius 2 is 2.20 bits per heavy atom. The average molecular weight is 207 g/mol. The third kappa shape index (κ3) is 1.79. The summed E-state index contributed by atoms with van der Waals surface area (Å²) < 4.78 is 0. The summed E-state index contributed by atoms with van der Waals surface area (Å²) >= 11 is 0. The van der Waals surface area contributed by atoms with Gasteiger partial charge in [-0.15, -0.1) is 0 Å². The third-order valence-electron chi connectivity index (χ3n) is 3.24. The molecule has 0 bridgehead atoms. The first-order chi connectivity index (χ1) is 6.93. The molecule has 1 heterocycles. The highest BCUT2D eigenvalue weighted by Gasteiger charge is 2.54. The van der Waals surface area contributed by atoms with Gasteiger partial charge in [-0.3, -0.25) is 4.79 Å². The molecular weight excluding hydrogens is 190 g/mol. The maximum atomic E-state index is 11.8. The Kier molecular flexibility index (Phi) is 2.14. The minimum atomic E-state index is -0.343. The summed E-state index contributed by atoms with van der Waals surface area (Å²) in [6.07, 6.45) is 3.24. The minimum Gasteiger partial charge on any atom is -0.351 e. The number of piperidine rings is 1. The molecule has 0 aromatic carbocycles. The van der Waals surface area contributed by atoms with E-state index in [1.54, 1.807) is 4.90 Å². The number of hydrogen-bond donors (Lipinski definition) is 1. The first-order valence-electron chi connectivity index (χ1n) is 5.41. The highest BCUT2D eigenvalue weighted by Crippen LogP contribution is 2.44. The van der Waals surface area contributed by atoms with Gasteiger partial charge in [-0.1, -0.05) is 20.8 Å². The number of likely N-dealkylation sites (tertiary alicyclic amines) is 1. The van der Waals surface area contributed by atoms with Crippen molar-refractivity contribution < 1.29 is 4.79 Å². The van der Waals surface area contributed by atoms with Crippen LogP contribution in [0, 0.1) is 22.8 Å². The van der Waals surface area contributed by atoms with Gasteiger partial charge < -0.3 is 10.2 Å². The van der Waals surface area contributed by atoms with E-state index in [1.165, 1.54) is 0 Å². The van der Waals surface area contributed by atoms with Crippen LogP contribution in [-0.4, -0.2) is 29.4 Å². The van der Waals surface area contributed by atoms with Gasteiger partial charge in [-0.25, -0.2) is 0 Å². The molecule has 82 valence electrons.